The first-order valence-electron chi connectivity index (χ1n) is 23.5. The summed E-state index contributed by atoms with van der Waals surface area (Å²) in [7, 11) is 1.02. The molecule has 356 valence electrons. The van der Waals surface area contributed by atoms with Crippen molar-refractivity contribution < 1.29 is 52.3 Å². The number of aliphatic hydroxyl groups excluding tert-OH is 2. The third-order valence-electron chi connectivity index (χ3n) is 9.57. The van der Waals surface area contributed by atoms with Crippen LogP contribution in [-0.4, -0.2) is 92.5 Å². The number of ether oxygens (including phenoxy) is 2. The number of phosphoric ester groups is 1. The number of allylic oxidation sites excluding steroid dienone is 10. The molecule has 62 heavy (non-hydrogen) atoms. The van der Waals surface area contributed by atoms with Crippen LogP contribution in [0.1, 0.15) is 155 Å². The van der Waals surface area contributed by atoms with E-state index in [9.17, 15) is 29.3 Å². The highest BCUT2D eigenvalue weighted by Gasteiger charge is 2.21. The van der Waals surface area contributed by atoms with Crippen molar-refractivity contribution in [2.24, 2.45) is 0 Å². The van der Waals surface area contributed by atoms with Crippen LogP contribution >= 0.6 is 7.82 Å². The van der Waals surface area contributed by atoms with Gasteiger partial charge in [0, 0.05) is 12.8 Å². The van der Waals surface area contributed by atoms with Gasteiger partial charge in [0.1, 0.15) is 19.8 Å². The van der Waals surface area contributed by atoms with Crippen LogP contribution in [0.15, 0.2) is 85.1 Å². The number of quaternary nitrogens is 1. The number of carbonyl (C=O) groups excluding carboxylic acids is 2. The summed E-state index contributed by atoms with van der Waals surface area (Å²) in [4.78, 5) is 37.6. The van der Waals surface area contributed by atoms with E-state index in [-0.39, 0.29) is 26.1 Å². The Morgan fingerprint density at radius 1 is 0.629 bits per heavy atom. The summed E-state index contributed by atoms with van der Waals surface area (Å²) in [6, 6.07) is 0. The third kappa shape index (κ3) is 43.7. The molecule has 0 bridgehead atoms. The van der Waals surface area contributed by atoms with Gasteiger partial charge in [-0.1, -0.05) is 163 Å². The Kier molecular flexibility index (Phi) is 39.0. The van der Waals surface area contributed by atoms with Crippen LogP contribution in [0.5, 0.6) is 0 Å². The lowest BCUT2D eigenvalue weighted by atomic mass is 10.1. The molecule has 0 aromatic rings. The maximum Gasteiger partial charge on any atom is 0.306 e. The van der Waals surface area contributed by atoms with E-state index in [0.29, 0.717) is 43.1 Å². The van der Waals surface area contributed by atoms with Crippen molar-refractivity contribution in [3.63, 3.8) is 0 Å². The van der Waals surface area contributed by atoms with Crippen LogP contribution in [0.25, 0.3) is 0 Å². The topological polar surface area (TPSA) is 152 Å². The van der Waals surface area contributed by atoms with Crippen molar-refractivity contribution in [1.29, 1.82) is 0 Å². The molecule has 0 heterocycles. The van der Waals surface area contributed by atoms with Gasteiger partial charge in [0.25, 0.3) is 7.82 Å². The predicted molar refractivity (Wildman–Crippen MR) is 252 cm³/mol. The Hall–Kier alpha value is -2.89. The van der Waals surface area contributed by atoms with Crippen LogP contribution < -0.4 is 4.89 Å². The molecule has 0 saturated carbocycles. The standard InChI is InChI=1S/C50H86NO10P/c1-6-8-10-11-12-13-14-15-16-17-18-19-20-21-25-28-34-40-49(54)58-44-48(45-60-62(56,57)59-43-42-51(3,4)5)61-50(55)41-35-29-33-39-47(53)38-32-27-24-22-23-26-31-37-46(52)36-30-9-7-2/h9,15-16,23-24,26-27,30-33,37-39,46-48,52-53H,6-8,10-14,17-22,25,28-29,34-36,40-45H2,1-5H3/b16-15-,26-23-,27-24-,30-9-,37-31+,38-32+,39-33-/t46-,47-,48+/m0/s1. The highest BCUT2D eigenvalue weighted by atomic mass is 31.2. The van der Waals surface area contributed by atoms with Crippen molar-refractivity contribution in [2.75, 3.05) is 47.5 Å². The highest BCUT2D eigenvalue weighted by molar-refractivity contribution is 7.45. The third-order valence-corrected chi connectivity index (χ3v) is 10.5. The van der Waals surface area contributed by atoms with Gasteiger partial charge in [-0.15, -0.1) is 0 Å². The lowest BCUT2D eigenvalue weighted by Gasteiger charge is -2.28. The molecule has 0 aliphatic heterocycles. The fraction of sp³-hybridized carbons (Fsp3) is 0.680. The zero-order valence-corrected chi connectivity index (χ0v) is 40.1. The summed E-state index contributed by atoms with van der Waals surface area (Å²) in [5.41, 5.74) is 0. The van der Waals surface area contributed by atoms with Crippen LogP contribution in [-0.2, 0) is 32.7 Å². The molecule has 0 radical (unpaired) electrons. The fourth-order valence-electron chi connectivity index (χ4n) is 5.86. The highest BCUT2D eigenvalue weighted by Crippen LogP contribution is 2.38. The molecule has 1 unspecified atom stereocenters. The summed E-state index contributed by atoms with van der Waals surface area (Å²) in [6.07, 6.45) is 45.4. The predicted octanol–water partition coefficient (Wildman–Crippen LogP) is 10.9. The average molecular weight is 892 g/mol. The molecule has 0 aromatic heterocycles. The van der Waals surface area contributed by atoms with Gasteiger partial charge in [-0.2, -0.15) is 0 Å². The van der Waals surface area contributed by atoms with Gasteiger partial charge in [0.05, 0.1) is 40.0 Å². The Labute approximate surface area is 376 Å². The first-order chi connectivity index (χ1) is 29.8. The number of hydrogen-bond donors (Lipinski definition) is 2. The summed E-state index contributed by atoms with van der Waals surface area (Å²) in [6.45, 7) is 3.79. The van der Waals surface area contributed by atoms with Crippen molar-refractivity contribution in [2.45, 2.75) is 173 Å². The molecule has 12 heteroatoms. The van der Waals surface area contributed by atoms with E-state index in [2.05, 4.69) is 26.0 Å². The lowest BCUT2D eigenvalue weighted by molar-refractivity contribution is -0.870. The summed E-state index contributed by atoms with van der Waals surface area (Å²) in [5, 5.41) is 20.1. The van der Waals surface area contributed by atoms with Crippen molar-refractivity contribution >= 4 is 19.8 Å². The van der Waals surface area contributed by atoms with Gasteiger partial charge in [0.15, 0.2) is 6.10 Å². The minimum absolute atomic E-state index is 0.0338. The summed E-state index contributed by atoms with van der Waals surface area (Å²) in [5.74, 6) is -1.03. The lowest BCUT2D eigenvalue weighted by Crippen LogP contribution is -2.37. The number of unbranched alkanes of at least 4 members (excludes halogenated alkanes) is 14. The molecule has 2 N–H and O–H groups in total. The van der Waals surface area contributed by atoms with Crippen molar-refractivity contribution in [1.82, 2.24) is 0 Å². The first kappa shape index (κ1) is 59.1. The Balaban J connectivity index is 4.59. The first-order valence-corrected chi connectivity index (χ1v) is 25.0. The summed E-state index contributed by atoms with van der Waals surface area (Å²) < 4.78 is 33.8. The SMILES string of the molecule is CC/C=C\C[C@H](O)/C=C/C=C\C/C=C\C=C\[C@H](O)/C=C\CCCC(=O)O[C@H](COC(=O)CCCCCCCCC/C=C\CCCCCCCC)COP(=O)([O-])OCC[N+](C)(C)C. The molecule has 0 spiro atoms. The second kappa shape index (κ2) is 40.9. The second-order valence-corrected chi connectivity index (χ2v) is 18.2. The quantitative estimate of drug-likeness (QED) is 0.0152. The Morgan fingerprint density at radius 3 is 1.84 bits per heavy atom. The van der Waals surface area contributed by atoms with Crippen LogP contribution in [0.3, 0.4) is 0 Å². The zero-order chi connectivity index (χ0) is 46.0. The number of aliphatic hydroxyl groups is 2. The minimum Gasteiger partial charge on any atom is -0.756 e. The number of rotatable bonds is 41. The Morgan fingerprint density at radius 2 is 1.21 bits per heavy atom. The van der Waals surface area contributed by atoms with Crippen molar-refractivity contribution in [3.8, 4) is 0 Å². The van der Waals surface area contributed by atoms with E-state index >= 15 is 0 Å². The molecule has 4 atom stereocenters. The molecule has 0 rings (SSSR count). The van der Waals surface area contributed by atoms with E-state index in [1.807, 2.05) is 63.7 Å². The maximum absolute atomic E-state index is 12.7. The minimum atomic E-state index is -4.69. The monoisotopic (exact) mass is 892 g/mol. The van der Waals surface area contributed by atoms with Crippen molar-refractivity contribution in [3.05, 3.63) is 85.1 Å². The zero-order valence-electron chi connectivity index (χ0n) is 39.3. The molecule has 0 aliphatic rings. The molecule has 0 aromatic carbocycles. The maximum atomic E-state index is 12.7. The summed E-state index contributed by atoms with van der Waals surface area (Å²) >= 11 is 0. The average Bonchev–Trinajstić information content (AvgIpc) is 3.21. The van der Waals surface area contributed by atoms with E-state index in [1.54, 1.807) is 30.4 Å². The molecular weight excluding hydrogens is 806 g/mol. The normalized spacial score (nSPS) is 15.3. The smallest absolute Gasteiger partial charge is 0.306 e. The number of nitrogens with zero attached hydrogens (tertiary/aromatic N) is 1. The number of esters is 2. The van der Waals surface area contributed by atoms with Gasteiger partial charge < -0.3 is 38.1 Å². The number of hydrogen-bond acceptors (Lipinski definition) is 10. The largest absolute Gasteiger partial charge is 0.756 e. The Bertz CT molecular complexity index is 1360. The van der Waals surface area contributed by atoms with E-state index in [1.165, 1.54) is 64.2 Å². The molecule has 0 amide bonds. The number of phosphoric acid groups is 1. The molecule has 11 nitrogen and oxygen atoms in total. The van der Waals surface area contributed by atoms with Gasteiger partial charge >= 0.3 is 11.9 Å². The number of carbonyl (C=O) groups is 2. The van der Waals surface area contributed by atoms with E-state index < -0.39 is 44.7 Å². The molecule has 0 aliphatic carbocycles. The van der Waals surface area contributed by atoms with Crippen LogP contribution in [0, 0.1) is 0 Å². The second-order valence-electron chi connectivity index (χ2n) is 16.8. The van der Waals surface area contributed by atoms with E-state index in [4.69, 9.17) is 18.5 Å². The van der Waals surface area contributed by atoms with Gasteiger partial charge in [-0.25, -0.2) is 0 Å². The molecular formula is C50H86NO10P. The molecule has 0 fully saturated rings. The fourth-order valence-corrected chi connectivity index (χ4v) is 6.59. The van der Waals surface area contributed by atoms with E-state index in [0.717, 1.165) is 32.1 Å². The van der Waals surface area contributed by atoms with Gasteiger partial charge in [-0.3, -0.25) is 14.2 Å². The molecule has 0 saturated heterocycles. The van der Waals surface area contributed by atoms with Gasteiger partial charge in [-0.05, 0) is 64.2 Å². The number of likely N-dealkylation sites (N-methyl/N-ethyl adjacent to an activating group) is 1. The van der Waals surface area contributed by atoms with Gasteiger partial charge in [0.2, 0.25) is 0 Å². The van der Waals surface area contributed by atoms with Crippen LogP contribution in [0.4, 0.5) is 0 Å². The van der Waals surface area contributed by atoms with Crippen LogP contribution in [0.2, 0.25) is 0 Å².